The molecule has 1 aromatic heterocycles. The zero-order chi connectivity index (χ0) is 19.2. The standard InChI is InChI=1S/C23H30N4O/c28-23(20-9-16-27(17-10-20)22-6-12-24-13-7-22)25-11-3-14-26-15-8-19-4-1-2-5-21(19)18-26/h1-2,4-7,12-13,20H,3,8-11,14-18H2,(H,25,28). The Morgan fingerprint density at radius 1 is 1.04 bits per heavy atom. The van der Waals surface area contributed by atoms with Crippen molar-refractivity contribution in [3.63, 3.8) is 0 Å². The molecule has 0 radical (unpaired) electrons. The molecule has 2 aromatic rings. The lowest BCUT2D eigenvalue weighted by atomic mass is 9.95. The summed E-state index contributed by atoms with van der Waals surface area (Å²) >= 11 is 0. The van der Waals surface area contributed by atoms with Crippen molar-refractivity contribution < 1.29 is 4.79 Å². The van der Waals surface area contributed by atoms with E-state index >= 15 is 0 Å². The first-order valence-electron chi connectivity index (χ1n) is 10.5. The largest absolute Gasteiger partial charge is 0.371 e. The Balaban J connectivity index is 1.14. The maximum atomic E-state index is 12.5. The molecule has 1 saturated heterocycles. The number of hydrogen-bond donors (Lipinski definition) is 1. The summed E-state index contributed by atoms with van der Waals surface area (Å²) in [6.45, 7) is 5.87. The molecule has 5 heteroatoms. The van der Waals surface area contributed by atoms with Crippen LogP contribution in [0.1, 0.15) is 30.4 Å². The van der Waals surface area contributed by atoms with Gasteiger partial charge in [0.05, 0.1) is 0 Å². The number of nitrogens with zero attached hydrogens (tertiary/aromatic N) is 3. The number of amides is 1. The zero-order valence-electron chi connectivity index (χ0n) is 16.5. The van der Waals surface area contributed by atoms with Crippen LogP contribution in [0, 0.1) is 5.92 Å². The third-order valence-corrected chi connectivity index (χ3v) is 6.05. The van der Waals surface area contributed by atoms with Crippen molar-refractivity contribution in [1.29, 1.82) is 0 Å². The molecule has 3 heterocycles. The number of fused-ring (bicyclic) bond motifs is 1. The number of hydrogen-bond acceptors (Lipinski definition) is 4. The van der Waals surface area contributed by atoms with E-state index in [0.29, 0.717) is 0 Å². The molecule has 0 bridgehead atoms. The van der Waals surface area contributed by atoms with Crippen LogP contribution in [0.2, 0.25) is 0 Å². The van der Waals surface area contributed by atoms with Crippen LogP contribution in [-0.2, 0) is 17.8 Å². The summed E-state index contributed by atoms with van der Waals surface area (Å²) in [5.74, 6) is 0.387. The molecule has 1 aromatic carbocycles. The molecular weight excluding hydrogens is 348 g/mol. The van der Waals surface area contributed by atoms with Crippen LogP contribution in [-0.4, -0.2) is 48.5 Å². The zero-order valence-corrected chi connectivity index (χ0v) is 16.5. The molecule has 0 aliphatic carbocycles. The average molecular weight is 379 g/mol. The van der Waals surface area contributed by atoms with Gasteiger partial charge in [0, 0.05) is 63.3 Å². The predicted octanol–water partition coefficient (Wildman–Crippen LogP) is 2.86. The fourth-order valence-corrected chi connectivity index (χ4v) is 4.36. The molecule has 2 aliphatic heterocycles. The maximum absolute atomic E-state index is 12.5. The van der Waals surface area contributed by atoms with Crippen LogP contribution in [0.4, 0.5) is 5.69 Å². The number of carbonyl (C=O) groups is 1. The second kappa shape index (κ2) is 9.20. The number of benzene rings is 1. The Labute approximate surface area is 167 Å². The SMILES string of the molecule is O=C(NCCCN1CCc2ccccc2C1)C1CCN(c2ccncc2)CC1. The predicted molar refractivity (Wildman–Crippen MR) is 112 cm³/mol. The number of carbonyl (C=O) groups excluding carboxylic acids is 1. The lowest BCUT2D eigenvalue weighted by Gasteiger charge is -2.33. The number of anilines is 1. The molecule has 0 spiro atoms. The highest BCUT2D eigenvalue weighted by atomic mass is 16.1. The molecule has 148 valence electrons. The Hall–Kier alpha value is -2.40. The smallest absolute Gasteiger partial charge is 0.223 e. The van der Waals surface area contributed by atoms with Gasteiger partial charge in [-0.25, -0.2) is 0 Å². The highest BCUT2D eigenvalue weighted by Gasteiger charge is 2.25. The number of rotatable bonds is 6. The minimum atomic E-state index is 0.153. The Morgan fingerprint density at radius 2 is 1.79 bits per heavy atom. The highest BCUT2D eigenvalue weighted by Crippen LogP contribution is 2.23. The Morgan fingerprint density at radius 3 is 2.57 bits per heavy atom. The van der Waals surface area contributed by atoms with Crippen LogP contribution in [0.5, 0.6) is 0 Å². The van der Waals surface area contributed by atoms with E-state index in [4.69, 9.17) is 0 Å². The van der Waals surface area contributed by atoms with Crippen LogP contribution < -0.4 is 10.2 Å². The first kappa shape index (κ1) is 18.9. The van der Waals surface area contributed by atoms with E-state index < -0.39 is 0 Å². The van der Waals surface area contributed by atoms with Crippen molar-refractivity contribution in [1.82, 2.24) is 15.2 Å². The second-order valence-electron chi connectivity index (χ2n) is 7.91. The molecule has 1 fully saturated rings. The summed E-state index contributed by atoms with van der Waals surface area (Å²) in [5.41, 5.74) is 4.15. The van der Waals surface area contributed by atoms with Gasteiger partial charge in [-0.05, 0) is 48.9 Å². The van der Waals surface area contributed by atoms with Gasteiger partial charge in [0.15, 0.2) is 0 Å². The van der Waals surface area contributed by atoms with Crippen molar-refractivity contribution >= 4 is 11.6 Å². The van der Waals surface area contributed by atoms with Crippen molar-refractivity contribution in [3.8, 4) is 0 Å². The van der Waals surface area contributed by atoms with Gasteiger partial charge in [0.1, 0.15) is 0 Å². The summed E-state index contributed by atoms with van der Waals surface area (Å²) in [5, 5.41) is 3.17. The minimum Gasteiger partial charge on any atom is -0.371 e. The molecule has 2 aliphatic rings. The lowest BCUT2D eigenvalue weighted by Crippen LogP contribution is -2.41. The van der Waals surface area contributed by atoms with Gasteiger partial charge >= 0.3 is 0 Å². The number of nitrogens with one attached hydrogen (secondary N) is 1. The van der Waals surface area contributed by atoms with Gasteiger partial charge in [-0.15, -0.1) is 0 Å². The van der Waals surface area contributed by atoms with E-state index in [1.165, 1.54) is 16.8 Å². The highest BCUT2D eigenvalue weighted by molar-refractivity contribution is 5.79. The maximum Gasteiger partial charge on any atom is 0.223 e. The molecule has 28 heavy (non-hydrogen) atoms. The van der Waals surface area contributed by atoms with Crippen molar-refractivity contribution in [2.45, 2.75) is 32.2 Å². The first-order chi connectivity index (χ1) is 13.8. The fourth-order valence-electron chi connectivity index (χ4n) is 4.36. The normalized spacial score (nSPS) is 17.9. The monoisotopic (exact) mass is 378 g/mol. The Kier molecular flexibility index (Phi) is 6.22. The summed E-state index contributed by atoms with van der Waals surface area (Å²) in [4.78, 5) is 21.4. The fraction of sp³-hybridized carbons (Fsp3) is 0.478. The first-order valence-corrected chi connectivity index (χ1v) is 10.5. The van der Waals surface area contributed by atoms with Crippen LogP contribution >= 0.6 is 0 Å². The summed E-state index contributed by atoms with van der Waals surface area (Å²) in [7, 11) is 0. The molecule has 0 saturated carbocycles. The van der Waals surface area contributed by atoms with Gasteiger partial charge in [-0.2, -0.15) is 0 Å². The van der Waals surface area contributed by atoms with Crippen molar-refractivity contribution in [2.24, 2.45) is 5.92 Å². The van der Waals surface area contributed by atoms with Gasteiger partial charge in [0.2, 0.25) is 5.91 Å². The Bertz CT molecular complexity index is 771. The van der Waals surface area contributed by atoms with E-state index in [1.807, 2.05) is 24.5 Å². The van der Waals surface area contributed by atoms with E-state index in [-0.39, 0.29) is 11.8 Å². The average Bonchev–Trinajstić information content (AvgIpc) is 2.77. The van der Waals surface area contributed by atoms with Gasteiger partial charge in [-0.3, -0.25) is 14.7 Å². The molecule has 5 nitrogen and oxygen atoms in total. The molecule has 0 atom stereocenters. The van der Waals surface area contributed by atoms with E-state index in [1.54, 1.807) is 0 Å². The molecule has 0 unspecified atom stereocenters. The molecule has 4 rings (SSSR count). The van der Waals surface area contributed by atoms with Crippen molar-refractivity contribution in [3.05, 3.63) is 59.9 Å². The quantitative estimate of drug-likeness (QED) is 0.786. The van der Waals surface area contributed by atoms with Gasteiger partial charge in [-0.1, -0.05) is 24.3 Å². The summed E-state index contributed by atoms with van der Waals surface area (Å²) in [6.07, 6.45) is 7.67. The third-order valence-electron chi connectivity index (χ3n) is 6.05. The van der Waals surface area contributed by atoms with E-state index in [9.17, 15) is 4.79 Å². The van der Waals surface area contributed by atoms with Gasteiger partial charge in [0.25, 0.3) is 0 Å². The van der Waals surface area contributed by atoms with E-state index in [2.05, 4.69) is 44.4 Å². The second-order valence-corrected chi connectivity index (χ2v) is 7.91. The van der Waals surface area contributed by atoms with E-state index in [0.717, 1.165) is 65.0 Å². The van der Waals surface area contributed by atoms with Crippen LogP contribution in [0.3, 0.4) is 0 Å². The number of aromatic nitrogens is 1. The molecule has 1 N–H and O–H groups in total. The minimum absolute atomic E-state index is 0.153. The topological polar surface area (TPSA) is 48.5 Å². The number of piperidine rings is 1. The number of pyridine rings is 1. The molecule has 1 amide bonds. The third kappa shape index (κ3) is 4.71. The summed E-state index contributed by atoms with van der Waals surface area (Å²) in [6, 6.07) is 12.8. The molecular formula is C23H30N4O. The summed E-state index contributed by atoms with van der Waals surface area (Å²) < 4.78 is 0. The van der Waals surface area contributed by atoms with Crippen LogP contribution in [0.25, 0.3) is 0 Å². The van der Waals surface area contributed by atoms with Crippen LogP contribution in [0.15, 0.2) is 48.8 Å². The lowest BCUT2D eigenvalue weighted by molar-refractivity contribution is -0.125. The van der Waals surface area contributed by atoms with Crippen molar-refractivity contribution in [2.75, 3.05) is 37.6 Å². The van der Waals surface area contributed by atoms with Gasteiger partial charge < -0.3 is 10.2 Å².